The fourth-order valence-electron chi connectivity index (χ4n) is 3.28. The Balaban J connectivity index is 1.80. The van der Waals surface area contributed by atoms with Gasteiger partial charge in [-0.25, -0.2) is 0 Å². The molecule has 1 saturated carbocycles. The van der Waals surface area contributed by atoms with Gasteiger partial charge in [-0.05, 0) is 18.8 Å². The highest BCUT2D eigenvalue weighted by molar-refractivity contribution is 5.81. The Morgan fingerprint density at radius 1 is 1.37 bits per heavy atom. The first-order valence-electron chi connectivity index (χ1n) is 7.86. The molecule has 1 heterocycles. The van der Waals surface area contributed by atoms with E-state index in [1.807, 2.05) is 4.90 Å². The number of carbonyl (C=O) groups excluding carboxylic acids is 1. The van der Waals surface area contributed by atoms with Crippen LogP contribution in [0.4, 0.5) is 0 Å². The first-order valence-corrected chi connectivity index (χ1v) is 7.86. The molecule has 0 aromatic carbocycles. The monoisotopic (exact) mass is 268 g/mol. The van der Waals surface area contributed by atoms with Crippen LogP contribution in [0.25, 0.3) is 0 Å². The molecule has 19 heavy (non-hydrogen) atoms. The zero-order valence-electron chi connectivity index (χ0n) is 12.1. The molecular weight excluding hydrogens is 240 g/mol. The minimum atomic E-state index is -0.307. The van der Waals surface area contributed by atoms with Gasteiger partial charge in [-0.2, -0.15) is 0 Å². The lowest BCUT2D eigenvalue weighted by Crippen LogP contribution is -2.51. The van der Waals surface area contributed by atoms with Crippen molar-refractivity contribution in [2.45, 2.75) is 64.0 Å². The molecule has 4 nitrogen and oxygen atoms in total. The summed E-state index contributed by atoms with van der Waals surface area (Å²) in [6, 6.07) is -0.307. The van der Waals surface area contributed by atoms with E-state index in [0.717, 1.165) is 12.8 Å². The van der Waals surface area contributed by atoms with Crippen molar-refractivity contribution >= 4 is 5.91 Å². The molecule has 2 fully saturated rings. The van der Waals surface area contributed by atoms with Crippen LogP contribution in [0, 0.1) is 5.92 Å². The summed E-state index contributed by atoms with van der Waals surface area (Å²) in [5.74, 6) is 0.794. The summed E-state index contributed by atoms with van der Waals surface area (Å²) in [7, 11) is 0. The Bertz CT molecular complexity index is 290. The normalized spacial score (nSPS) is 27.3. The smallest absolute Gasteiger partial charge is 0.239 e. The Morgan fingerprint density at radius 2 is 2.11 bits per heavy atom. The highest BCUT2D eigenvalue weighted by Crippen LogP contribution is 2.27. The third-order valence-electron chi connectivity index (χ3n) is 4.54. The summed E-state index contributed by atoms with van der Waals surface area (Å²) in [6.45, 7) is 4.17. The van der Waals surface area contributed by atoms with Gasteiger partial charge in [0, 0.05) is 13.1 Å². The van der Waals surface area contributed by atoms with Gasteiger partial charge in [0.25, 0.3) is 0 Å². The number of hydrogen-bond donors (Lipinski definition) is 1. The van der Waals surface area contributed by atoms with Crippen molar-refractivity contribution in [3.05, 3.63) is 0 Å². The van der Waals surface area contributed by atoms with E-state index in [-0.39, 0.29) is 18.1 Å². The molecule has 1 amide bonds. The van der Waals surface area contributed by atoms with Crippen molar-refractivity contribution in [2.75, 3.05) is 19.7 Å². The first kappa shape index (κ1) is 14.8. The summed E-state index contributed by atoms with van der Waals surface area (Å²) in [5.41, 5.74) is 6.13. The van der Waals surface area contributed by atoms with Crippen molar-refractivity contribution in [1.29, 1.82) is 0 Å². The van der Waals surface area contributed by atoms with Gasteiger partial charge in [0.05, 0.1) is 18.8 Å². The highest BCUT2D eigenvalue weighted by atomic mass is 16.5. The van der Waals surface area contributed by atoms with Crippen LogP contribution >= 0.6 is 0 Å². The van der Waals surface area contributed by atoms with Crippen molar-refractivity contribution in [3.63, 3.8) is 0 Å². The minimum Gasteiger partial charge on any atom is -0.375 e. The average Bonchev–Trinajstić information content (AvgIpc) is 2.47. The van der Waals surface area contributed by atoms with E-state index in [2.05, 4.69) is 6.92 Å². The quantitative estimate of drug-likeness (QED) is 0.847. The van der Waals surface area contributed by atoms with E-state index in [0.29, 0.717) is 25.6 Å². The molecule has 1 saturated heterocycles. The van der Waals surface area contributed by atoms with E-state index in [9.17, 15) is 4.79 Å². The number of amides is 1. The van der Waals surface area contributed by atoms with Crippen molar-refractivity contribution in [1.82, 2.24) is 4.90 Å². The zero-order chi connectivity index (χ0) is 13.7. The van der Waals surface area contributed by atoms with Gasteiger partial charge in [-0.1, -0.05) is 39.0 Å². The number of rotatable bonds is 4. The lowest BCUT2D eigenvalue weighted by molar-refractivity contribution is -0.140. The predicted octanol–water partition coefficient (Wildman–Crippen LogP) is 1.92. The number of nitrogens with two attached hydrogens (primary N) is 1. The zero-order valence-corrected chi connectivity index (χ0v) is 12.1. The lowest BCUT2D eigenvalue weighted by Gasteiger charge is -2.35. The molecule has 2 rings (SSSR count). The standard InChI is InChI=1S/C15H28N2O2/c1-2-13-11-17(8-9-19-13)15(18)14(16)10-12-6-4-3-5-7-12/h12-14H,2-11,16H2,1H3. The maximum absolute atomic E-state index is 12.4. The molecule has 0 spiro atoms. The average molecular weight is 268 g/mol. The van der Waals surface area contributed by atoms with Crippen LogP contribution in [0.1, 0.15) is 51.9 Å². The molecule has 0 radical (unpaired) electrons. The van der Waals surface area contributed by atoms with E-state index in [1.54, 1.807) is 0 Å². The molecule has 2 unspecified atom stereocenters. The Morgan fingerprint density at radius 3 is 2.79 bits per heavy atom. The third-order valence-corrected chi connectivity index (χ3v) is 4.54. The molecule has 2 aliphatic rings. The molecule has 0 bridgehead atoms. The second kappa shape index (κ2) is 7.25. The number of morpholine rings is 1. The third kappa shape index (κ3) is 4.18. The maximum atomic E-state index is 12.4. The van der Waals surface area contributed by atoms with Gasteiger partial charge >= 0.3 is 0 Å². The maximum Gasteiger partial charge on any atom is 0.239 e. The molecule has 1 aliphatic heterocycles. The predicted molar refractivity (Wildman–Crippen MR) is 75.8 cm³/mol. The Hall–Kier alpha value is -0.610. The fraction of sp³-hybridized carbons (Fsp3) is 0.933. The van der Waals surface area contributed by atoms with Crippen LogP contribution in [0.15, 0.2) is 0 Å². The second-order valence-electron chi connectivity index (χ2n) is 6.03. The molecule has 0 aromatic rings. The first-order chi connectivity index (χ1) is 9.20. The summed E-state index contributed by atoms with van der Waals surface area (Å²) in [6.07, 6.45) is 8.49. The van der Waals surface area contributed by atoms with E-state index in [1.165, 1.54) is 32.1 Å². The summed E-state index contributed by atoms with van der Waals surface area (Å²) in [4.78, 5) is 14.3. The SMILES string of the molecule is CCC1CN(C(=O)C(N)CC2CCCCC2)CCO1. The number of nitrogens with zero attached hydrogens (tertiary/aromatic N) is 1. The van der Waals surface area contributed by atoms with Gasteiger partial charge in [0.15, 0.2) is 0 Å². The van der Waals surface area contributed by atoms with Crippen LogP contribution in [0.5, 0.6) is 0 Å². The van der Waals surface area contributed by atoms with Crippen LogP contribution in [-0.4, -0.2) is 42.6 Å². The molecule has 110 valence electrons. The van der Waals surface area contributed by atoms with Crippen LogP contribution in [0.3, 0.4) is 0 Å². The Labute approximate surface area is 116 Å². The van der Waals surface area contributed by atoms with Crippen LogP contribution < -0.4 is 5.73 Å². The van der Waals surface area contributed by atoms with Gasteiger partial charge in [-0.3, -0.25) is 4.79 Å². The van der Waals surface area contributed by atoms with Crippen molar-refractivity contribution in [3.8, 4) is 0 Å². The lowest BCUT2D eigenvalue weighted by atomic mass is 9.84. The van der Waals surface area contributed by atoms with Crippen LogP contribution in [-0.2, 0) is 9.53 Å². The molecular formula is C15H28N2O2. The Kier molecular flexibility index (Phi) is 5.64. The number of hydrogen-bond acceptors (Lipinski definition) is 3. The second-order valence-corrected chi connectivity index (χ2v) is 6.03. The summed E-state index contributed by atoms with van der Waals surface area (Å²) in [5, 5.41) is 0. The van der Waals surface area contributed by atoms with Crippen molar-refractivity contribution in [2.24, 2.45) is 11.7 Å². The van der Waals surface area contributed by atoms with Gasteiger partial charge in [-0.15, -0.1) is 0 Å². The van der Waals surface area contributed by atoms with E-state index >= 15 is 0 Å². The van der Waals surface area contributed by atoms with E-state index < -0.39 is 0 Å². The summed E-state index contributed by atoms with van der Waals surface area (Å²) < 4.78 is 5.60. The molecule has 2 N–H and O–H groups in total. The minimum absolute atomic E-state index is 0.132. The molecule has 2 atom stereocenters. The molecule has 0 aromatic heterocycles. The largest absolute Gasteiger partial charge is 0.375 e. The summed E-state index contributed by atoms with van der Waals surface area (Å²) >= 11 is 0. The van der Waals surface area contributed by atoms with E-state index in [4.69, 9.17) is 10.5 Å². The molecule has 4 heteroatoms. The topological polar surface area (TPSA) is 55.6 Å². The highest BCUT2D eigenvalue weighted by Gasteiger charge is 2.28. The molecule has 1 aliphatic carbocycles. The number of ether oxygens (including phenoxy) is 1. The number of carbonyl (C=O) groups is 1. The van der Waals surface area contributed by atoms with Crippen molar-refractivity contribution < 1.29 is 9.53 Å². The van der Waals surface area contributed by atoms with Crippen LogP contribution in [0.2, 0.25) is 0 Å². The van der Waals surface area contributed by atoms with Gasteiger partial charge in [0.1, 0.15) is 0 Å². The fourth-order valence-corrected chi connectivity index (χ4v) is 3.28. The van der Waals surface area contributed by atoms with Gasteiger partial charge < -0.3 is 15.4 Å². The van der Waals surface area contributed by atoms with Gasteiger partial charge in [0.2, 0.25) is 5.91 Å².